The fourth-order valence-electron chi connectivity index (χ4n) is 8.30. The summed E-state index contributed by atoms with van der Waals surface area (Å²) in [6, 6.07) is 2.96. The van der Waals surface area contributed by atoms with E-state index in [1.54, 1.807) is 13.2 Å². The van der Waals surface area contributed by atoms with Crippen LogP contribution in [-0.2, 0) is 4.74 Å². The molecule has 2 fully saturated rings. The van der Waals surface area contributed by atoms with Gasteiger partial charge in [-0.15, -0.1) is 23.2 Å². The first-order chi connectivity index (χ1) is 15.7. The van der Waals surface area contributed by atoms with E-state index in [1.165, 1.54) is 12.3 Å². The molecule has 2 N–H and O–H groups in total. The van der Waals surface area contributed by atoms with Crippen LogP contribution in [0.3, 0.4) is 0 Å². The van der Waals surface area contributed by atoms with Crippen LogP contribution in [0.25, 0.3) is 0 Å². The molecule has 7 heteroatoms. The van der Waals surface area contributed by atoms with Crippen LogP contribution in [0.2, 0.25) is 0 Å². The second-order valence-electron chi connectivity index (χ2n) is 11.9. The van der Waals surface area contributed by atoms with Gasteiger partial charge in [0.2, 0.25) is 0 Å². The van der Waals surface area contributed by atoms with Gasteiger partial charge in [0, 0.05) is 30.9 Å². The monoisotopic (exact) mass is 508 g/mol. The van der Waals surface area contributed by atoms with E-state index in [1.807, 2.05) is 6.92 Å². The van der Waals surface area contributed by atoms with Gasteiger partial charge in [-0.3, -0.25) is 0 Å². The van der Waals surface area contributed by atoms with Crippen molar-refractivity contribution in [3.05, 3.63) is 58.2 Å². The second-order valence-corrected chi connectivity index (χ2v) is 13.4. The van der Waals surface area contributed by atoms with Crippen molar-refractivity contribution in [2.45, 2.75) is 75.0 Å². The van der Waals surface area contributed by atoms with Crippen LogP contribution in [-0.4, -0.2) is 39.5 Å². The standard InChI is InChI=1S/C27H34Cl2O5/c1-23(2)18-8-7-16-17(24(18,3)11-10-20(23)33-5)12-19(30)25(4)22(15-6-9-21(31)34-13-15)27(28,29)14-26(16,25)32/h6-7,9-11,13,17-20,22,30,32H,8,12,14H2,1-5H3/t17-,18-,19+,20-,22+,24+,25+,26-/m0/s1. The van der Waals surface area contributed by atoms with Gasteiger partial charge in [0.25, 0.3) is 0 Å². The van der Waals surface area contributed by atoms with Gasteiger partial charge in [-0.2, -0.15) is 0 Å². The number of methoxy groups -OCH3 is 1. The maximum absolute atomic E-state index is 12.5. The van der Waals surface area contributed by atoms with Gasteiger partial charge >= 0.3 is 5.63 Å². The SMILES string of the molecule is CO[C@H]1C=C[C@]2(C)[C@H]3C[C@@H](O)[C@]4(C)[C@@H](c5ccc(=O)oc5)C(Cl)(Cl)C[C@]4(O)C3=CC[C@H]2C1(C)C. The van der Waals surface area contributed by atoms with Crippen LogP contribution >= 0.6 is 23.2 Å². The Morgan fingerprint density at radius 3 is 2.50 bits per heavy atom. The highest BCUT2D eigenvalue weighted by molar-refractivity contribution is 6.49. The molecule has 0 bridgehead atoms. The minimum absolute atomic E-state index is 0.00400. The lowest BCUT2D eigenvalue weighted by Crippen LogP contribution is -2.63. The molecule has 0 saturated heterocycles. The van der Waals surface area contributed by atoms with Crippen molar-refractivity contribution >= 4 is 23.2 Å². The average Bonchev–Trinajstić information content (AvgIpc) is 2.92. The van der Waals surface area contributed by atoms with Crippen LogP contribution in [0.4, 0.5) is 0 Å². The molecule has 0 aromatic carbocycles. The Bertz CT molecular complexity index is 1100. The molecule has 0 radical (unpaired) electrons. The molecule has 8 atom stereocenters. The number of ether oxygens (including phenoxy) is 1. The molecule has 5 nitrogen and oxygen atoms in total. The van der Waals surface area contributed by atoms with E-state index in [0.717, 1.165) is 12.0 Å². The fraction of sp³-hybridized carbons (Fsp3) is 0.667. The molecule has 186 valence electrons. The van der Waals surface area contributed by atoms with Gasteiger partial charge in [-0.1, -0.05) is 45.9 Å². The molecule has 2 saturated carbocycles. The zero-order valence-electron chi connectivity index (χ0n) is 20.3. The molecular weight excluding hydrogens is 475 g/mol. The molecular formula is C27H34Cl2O5. The molecule has 1 heterocycles. The van der Waals surface area contributed by atoms with Crippen molar-refractivity contribution in [2.75, 3.05) is 7.11 Å². The van der Waals surface area contributed by atoms with Crippen LogP contribution in [0.5, 0.6) is 0 Å². The summed E-state index contributed by atoms with van der Waals surface area (Å²) in [5.41, 5.74) is -1.81. The quantitative estimate of drug-likeness (QED) is 0.434. The number of hydrogen-bond donors (Lipinski definition) is 2. The number of allylic oxidation sites excluding steroid dienone is 2. The Hall–Kier alpha value is -1.11. The van der Waals surface area contributed by atoms with Crippen molar-refractivity contribution in [3.8, 4) is 0 Å². The molecule has 5 rings (SSSR count). The minimum atomic E-state index is -1.41. The summed E-state index contributed by atoms with van der Waals surface area (Å²) >= 11 is 13.9. The number of halogens is 2. The summed E-state index contributed by atoms with van der Waals surface area (Å²) in [6.07, 6.45) is 8.38. The Labute approximate surface area is 210 Å². The summed E-state index contributed by atoms with van der Waals surface area (Å²) < 4.78 is 9.55. The molecule has 1 aromatic heterocycles. The predicted molar refractivity (Wildman–Crippen MR) is 132 cm³/mol. The summed E-state index contributed by atoms with van der Waals surface area (Å²) in [5, 5.41) is 24.2. The first-order valence-corrected chi connectivity index (χ1v) is 12.8. The van der Waals surface area contributed by atoms with Crippen molar-refractivity contribution in [3.63, 3.8) is 0 Å². The largest absolute Gasteiger partial charge is 0.431 e. The molecule has 4 aliphatic rings. The number of fused-ring (bicyclic) bond motifs is 5. The molecule has 4 aliphatic carbocycles. The van der Waals surface area contributed by atoms with Crippen molar-refractivity contribution in [1.29, 1.82) is 0 Å². The van der Waals surface area contributed by atoms with Crippen molar-refractivity contribution in [1.82, 2.24) is 0 Å². The first-order valence-electron chi connectivity index (χ1n) is 12.0. The molecule has 0 unspecified atom stereocenters. The summed E-state index contributed by atoms with van der Waals surface area (Å²) in [6.45, 7) is 8.59. The molecule has 0 amide bonds. The number of rotatable bonds is 2. The summed E-state index contributed by atoms with van der Waals surface area (Å²) in [4.78, 5) is 11.6. The van der Waals surface area contributed by atoms with E-state index >= 15 is 0 Å². The average molecular weight is 509 g/mol. The molecule has 34 heavy (non-hydrogen) atoms. The topological polar surface area (TPSA) is 79.9 Å². The lowest BCUT2D eigenvalue weighted by atomic mass is 9.44. The van der Waals surface area contributed by atoms with Gasteiger partial charge in [0.05, 0.1) is 24.1 Å². The van der Waals surface area contributed by atoms with E-state index in [4.69, 9.17) is 32.4 Å². The van der Waals surface area contributed by atoms with Gasteiger partial charge in [-0.05, 0) is 52.7 Å². The summed E-state index contributed by atoms with van der Waals surface area (Å²) in [7, 11) is 1.74. The van der Waals surface area contributed by atoms with Crippen LogP contribution in [0.15, 0.2) is 51.4 Å². The first kappa shape index (κ1) is 24.6. The normalized spacial score (nSPS) is 46.3. The van der Waals surface area contributed by atoms with Gasteiger partial charge in [0.1, 0.15) is 4.33 Å². The van der Waals surface area contributed by atoms with Crippen molar-refractivity contribution in [2.24, 2.45) is 28.1 Å². The highest BCUT2D eigenvalue weighted by atomic mass is 35.5. The van der Waals surface area contributed by atoms with E-state index in [9.17, 15) is 15.0 Å². The van der Waals surface area contributed by atoms with E-state index in [2.05, 4.69) is 39.0 Å². The smallest absolute Gasteiger partial charge is 0.335 e. The Balaban J connectivity index is 1.65. The third-order valence-electron chi connectivity index (χ3n) is 10.1. The number of alkyl halides is 2. The Kier molecular flexibility index (Phi) is 5.39. The lowest BCUT2D eigenvalue weighted by molar-refractivity contribution is -0.155. The van der Waals surface area contributed by atoms with Gasteiger partial charge < -0.3 is 19.4 Å². The van der Waals surface area contributed by atoms with Gasteiger partial charge in [0.15, 0.2) is 0 Å². The maximum Gasteiger partial charge on any atom is 0.335 e. The van der Waals surface area contributed by atoms with E-state index in [-0.39, 0.29) is 35.2 Å². The van der Waals surface area contributed by atoms with Gasteiger partial charge in [-0.25, -0.2) is 4.79 Å². The van der Waals surface area contributed by atoms with E-state index < -0.39 is 33.0 Å². The van der Waals surface area contributed by atoms with Crippen LogP contribution < -0.4 is 5.63 Å². The third kappa shape index (κ3) is 2.94. The lowest BCUT2D eigenvalue weighted by Gasteiger charge is -2.62. The Morgan fingerprint density at radius 2 is 1.88 bits per heavy atom. The minimum Gasteiger partial charge on any atom is -0.431 e. The molecule has 0 aliphatic heterocycles. The van der Waals surface area contributed by atoms with E-state index in [0.29, 0.717) is 12.0 Å². The van der Waals surface area contributed by atoms with Crippen LogP contribution in [0.1, 0.15) is 58.4 Å². The van der Waals surface area contributed by atoms with Crippen molar-refractivity contribution < 1.29 is 19.4 Å². The van der Waals surface area contributed by atoms with Crippen LogP contribution in [0, 0.1) is 28.1 Å². The zero-order valence-corrected chi connectivity index (χ0v) is 21.9. The zero-order chi connectivity index (χ0) is 24.9. The highest BCUT2D eigenvalue weighted by Gasteiger charge is 2.74. The number of hydrogen-bond acceptors (Lipinski definition) is 5. The highest BCUT2D eigenvalue weighted by Crippen LogP contribution is 2.73. The number of aliphatic hydroxyl groups excluding tert-OH is 1. The number of aliphatic hydroxyl groups is 2. The predicted octanol–water partition coefficient (Wildman–Crippen LogP) is 4.98. The summed E-state index contributed by atoms with van der Waals surface area (Å²) in [5.74, 6) is -0.415. The fourth-order valence-corrected chi connectivity index (χ4v) is 9.39. The Morgan fingerprint density at radius 1 is 1.18 bits per heavy atom. The second kappa shape index (κ2) is 7.45. The maximum atomic E-state index is 12.5. The third-order valence-corrected chi connectivity index (χ3v) is 10.8. The molecule has 1 aromatic rings. The molecule has 0 spiro atoms.